The molecule has 0 aliphatic rings. The molecule has 0 aliphatic carbocycles. The molecule has 1 atom stereocenters. The van der Waals surface area contributed by atoms with E-state index in [-0.39, 0.29) is 17.6 Å². The number of aromatic nitrogens is 2. The van der Waals surface area contributed by atoms with Crippen LogP contribution in [0.5, 0.6) is 17.2 Å². The van der Waals surface area contributed by atoms with Crippen molar-refractivity contribution in [3.05, 3.63) is 30.2 Å². The predicted octanol–water partition coefficient (Wildman–Crippen LogP) is 2.97. The van der Waals surface area contributed by atoms with Crippen LogP contribution in [0.4, 0.5) is 11.5 Å². The van der Waals surface area contributed by atoms with Gasteiger partial charge in [-0.1, -0.05) is 6.92 Å². The van der Waals surface area contributed by atoms with Crippen LogP contribution in [0.1, 0.15) is 30.8 Å². The Labute approximate surface area is 152 Å². The van der Waals surface area contributed by atoms with Crippen molar-refractivity contribution in [2.75, 3.05) is 32.0 Å². The summed E-state index contributed by atoms with van der Waals surface area (Å²) in [6.45, 7) is 4.11. The number of rotatable bonds is 8. The third-order valence-corrected chi connectivity index (χ3v) is 3.83. The number of methoxy groups -OCH3 is 3. The number of benzene rings is 1. The Bertz CT molecular complexity index is 742. The van der Waals surface area contributed by atoms with E-state index in [2.05, 4.69) is 27.5 Å². The molecular formula is C18H24N4O4. The first-order chi connectivity index (χ1) is 12.5. The number of carbonyl (C=O) groups excluding carboxylic acids is 1. The fourth-order valence-electron chi connectivity index (χ4n) is 2.26. The van der Waals surface area contributed by atoms with Gasteiger partial charge in [0.2, 0.25) is 5.75 Å². The van der Waals surface area contributed by atoms with E-state index in [1.165, 1.54) is 27.7 Å². The van der Waals surface area contributed by atoms with Gasteiger partial charge < -0.3 is 24.8 Å². The molecule has 0 bridgehead atoms. The predicted molar refractivity (Wildman–Crippen MR) is 99.5 cm³/mol. The zero-order chi connectivity index (χ0) is 19.1. The first kappa shape index (κ1) is 19.3. The molecule has 8 nitrogen and oxygen atoms in total. The van der Waals surface area contributed by atoms with Crippen molar-refractivity contribution in [1.82, 2.24) is 9.97 Å². The lowest BCUT2D eigenvalue weighted by atomic mass is 10.2. The van der Waals surface area contributed by atoms with Gasteiger partial charge in [0.05, 0.1) is 21.3 Å². The van der Waals surface area contributed by atoms with Gasteiger partial charge in [-0.2, -0.15) is 0 Å². The van der Waals surface area contributed by atoms with Gasteiger partial charge in [0.15, 0.2) is 11.5 Å². The van der Waals surface area contributed by atoms with Crippen molar-refractivity contribution in [3.8, 4) is 17.2 Å². The van der Waals surface area contributed by atoms with E-state index >= 15 is 0 Å². The average molecular weight is 360 g/mol. The average Bonchev–Trinajstić information content (AvgIpc) is 2.67. The van der Waals surface area contributed by atoms with Gasteiger partial charge in [-0.05, 0) is 13.3 Å². The van der Waals surface area contributed by atoms with Gasteiger partial charge in [-0.15, -0.1) is 0 Å². The van der Waals surface area contributed by atoms with Crippen molar-refractivity contribution < 1.29 is 19.0 Å². The summed E-state index contributed by atoms with van der Waals surface area (Å²) < 4.78 is 15.9. The maximum Gasteiger partial charge on any atom is 0.274 e. The monoisotopic (exact) mass is 360 g/mol. The first-order valence-corrected chi connectivity index (χ1v) is 8.22. The smallest absolute Gasteiger partial charge is 0.274 e. The summed E-state index contributed by atoms with van der Waals surface area (Å²) in [5.41, 5.74) is 0.749. The molecule has 0 fully saturated rings. The number of hydrogen-bond donors (Lipinski definition) is 2. The Balaban J connectivity index is 2.23. The zero-order valence-electron chi connectivity index (χ0n) is 15.6. The Hall–Kier alpha value is -3.03. The lowest BCUT2D eigenvalue weighted by molar-refractivity contribution is 0.102. The maximum absolute atomic E-state index is 12.5. The molecule has 0 aliphatic heterocycles. The van der Waals surface area contributed by atoms with Crippen LogP contribution in [0.15, 0.2) is 24.5 Å². The van der Waals surface area contributed by atoms with Crippen LogP contribution in [0.25, 0.3) is 0 Å². The highest BCUT2D eigenvalue weighted by Crippen LogP contribution is 2.39. The summed E-state index contributed by atoms with van der Waals surface area (Å²) in [5, 5.41) is 6.00. The second-order valence-corrected chi connectivity index (χ2v) is 5.61. The van der Waals surface area contributed by atoms with Crippen molar-refractivity contribution in [2.45, 2.75) is 26.3 Å². The number of ether oxygens (including phenoxy) is 3. The summed E-state index contributed by atoms with van der Waals surface area (Å²) in [7, 11) is 4.55. The molecule has 1 aromatic carbocycles. The number of carbonyl (C=O) groups is 1. The minimum absolute atomic E-state index is 0.246. The van der Waals surface area contributed by atoms with E-state index in [0.717, 1.165) is 6.42 Å². The Morgan fingerprint density at radius 2 is 1.73 bits per heavy atom. The van der Waals surface area contributed by atoms with Gasteiger partial charge in [0, 0.05) is 29.9 Å². The maximum atomic E-state index is 12.5. The van der Waals surface area contributed by atoms with Crippen LogP contribution < -0.4 is 24.8 Å². The topological polar surface area (TPSA) is 94.6 Å². The molecule has 0 saturated carbocycles. The van der Waals surface area contributed by atoms with Gasteiger partial charge in [0.25, 0.3) is 5.91 Å². The van der Waals surface area contributed by atoms with Crippen LogP contribution in [-0.4, -0.2) is 43.2 Å². The molecule has 0 spiro atoms. The third-order valence-electron chi connectivity index (χ3n) is 3.83. The summed E-state index contributed by atoms with van der Waals surface area (Å²) in [6.07, 6.45) is 2.30. The molecule has 1 amide bonds. The van der Waals surface area contributed by atoms with E-state index in [0.29, 0.717) is 28.8 Å². The highest BCUT2D eigenvalue weighted by atomic mass is 16.5. The van der Waals surface area contributed by atoms with Crippen molar-refractivity contribution >= 4 is 17.4 Å². The normalized spacial score (nSPS) is 11.4. The highest BCUT2D eigenvalue weighted by Gasteiger charge is 2.16. The minimum Gasteiger partial charge on any atom is -0.493 e. The van der Waals surface area contributed by atoms with Crippen LogP contribution in [-0.2, 0) is 0 Å². The Kier molecular flexibility index (Phi) is 6.60. The van der Waals surface area contributed by atoms with Crippen LogP contribution >= 0.6 is 0 Å². The first-order valence-electron chi connectivity index (χ1n) is 8.22. The second kappa shape index (κ2) is 8.89. The number of nitrogens with one attached hydrogen (secondary N) is 2. The molecule has 0 saturated heterocycles. The number of hydrogen-bond acceptors (Lipinski definition) is 7. The molecule has 1 aromatic heterocycles. The van der Waals surface area contributed by atoms with Crippen LogP contribution in [0.3, 0.4) is 0 Å². The molecule has 2 rings (SSSR count). The minimum atomic E-state index is -0.367. The van der Waals surface area contributed by atoms with Gasteiger partial charge in [0.1, 0.15) is 17.8 Å². The van der Waals surface area contributed by atoms with Crippen LogP contribution in [0.2, 0.25) is 0 Å². The highest BCUT2D eigenvalue weighted by molar-refractivity contribution is 6.03. The zero-order valence-corrected chi connectivity index (χ0v) is 15.6. The number of anilines is 2. The molecule has 26 heavy (non-hydrogen) atoms. The number of nitrogens with zero attached hydrogens (tertiary/aromatic N) is 2. The lowest BCUT2D eigenvalue weighted by Gasteiger charge is -2.15. The summed E-state index contributed by atoms with van der Waals surface area (Å²) >= 11 is 0. The Morgan fingerprint density at radius 1 is 1.08 bits per heavy atom. The van der Waals surface area contributed by atoms with Crippen LogP contribution in [0, 0.1) is 0 Å². The molecular weight excluding hydrogens is 336 g/mol. The molecule has 140 valence electrons. The fraction of sp³-hybridized carbons (Fsp3) is 0.389. The van der Waals surface area contributed by atoms with E-state index in [1.807, 2.05) is 6.92 Å². The Morgan fingerprint density at radius 3 is 2.27 bits per heavy atom. The van der Waals surface area contributed by atoms with Gasteiger partial charge in [-0.3, -0.25) is 4.79 Å². The lowest BCUT2D eigenvalue weighted by Crippen LogP contribution is -2.17. The molecule has 2 N–H and O–H groups in total. The summed E-state index contributed by atoms with van der Waals surface area (Å²) in [6, 6.07) is 5.16. The van der Waals surface area contributed by atoms with Gasteiger partial charge in [-0.25, -0.2) is 9.97 Å². The SMILES string of the molecule is CCC(C)Nc1cc(C(=O)Nc2cc(OC)c(OC)c(OC)c2)ncn1. The molecule has 2 aromatic rings. The van der Waals surface area contributed by atoms with Gasteiger partial charge >= 0.3 is 0 Å². The largest absolute Gasteiger partial charge is 0.493 e. The summed E-state index contributed by atoms with van der Waals surface area (Å²) in [5.74, 6) is 1.58. The van der Waals surface area contributed by atoms with E-state index in [1.54, 1.807) is 18.2 Å². The van der Waals surface area contributed by atoms with Crippen molar-refractivity contribution in [3.63, 3.8) is 0 Å². The van der Waals surface area contributed by atoms with Crippen molar-refractivity contribution in [1.29, 1.82) is 0 Å². The molecule has 8 heteroatoms. The number of amides is 1. The standard InChI is InChI=1S/C18H24N4O4/c1-6-11(2)21-16-9-13(19-10-20-16)18(23)22-12-7-14(24-3)17(26-5)15(8-12)25-4/h7-11H,6H2,1-5H3,(H,22,23)(H,19,20,21). The van der Waals surface area contributed by atoms with E-state index < -0.39 is 0 Å². The third kappa shape index (κ3) is 4.53. The molecule has 1 heterocycles. The fourth-order valence-corrected chi connectivity index (χ4v) is 2.26. The summed E-state index contributed by atoms with van der Waals surface area (Å²) in [4.78, 5) is 20.7. The second-order valence-electron chi connectivity index (χ2n) is 5.61. The van der Waals surface area contributed by atoms with E-state index in [9.17, 15) is 4.79 Å². The quantitative estimate of drug-likeness (QED) is 0.747. The van der Waals surface area contributed by atoms with Crippen molar-refractivity contribution in [2.24, 2.45) is 0 Å². The molecule has 1 unspecified atom stereocenters. The molecule has 0 radical (unpaired) electrons. The van der Waals surface area contributed by atoms with E-state index in [4.69, 9.17) is 14.2 Å².